The number of halogens is 1. The predicted molar refractivity (Wildman–Crippen MR) is 120 cm³/mol. The van der Waals surface area contributed by atoms with Gasteiger partial charge in [-0.1, -0.05) is 13.8 Å². The third-order valence-corrected chi connectivity index (χ3v) is 6.00. The van der Waals surface area contributed by atoms with Crippen LogP contribution in [0.4, 0.5) is 4.39 Å². The first kappa shape index (κ1) is 22.7. The summed E-state index contributed by atoms with van der Waals surface area (Å²) in [5, 5.41) is 15.0. The minimum atomic E-state index is -1.17. The van der Waals surface area contributed by atoms with E-state index in [2.05, 4.69) is 10.1 Å². The molecule has 8 nitrogen and oxygen atoms in total. The lowest BCUT2D eigenvalue weighted by atomic mass is 9.98. The minimum absolute atomic E-state index is 0.0211. The van der Waals surface area contributed by atoms with Crippen LogP contribution in [0.3, 0.4) is 0 Å². The summed E-state index contributed by atoms with van der Waals surface area (Å²) in [5.74, 6) is -0.776. The van der Waals surface area contributed by atoms with Gasteiger partial charge in [0, 0.05) is 26.1 Å². The molecule has 1 aliphatic rings. The number of likely N-dealkylation sites (tertiary alicyclic amines) is 1. The van der Waals surface area contributed by atoms with Crippen molar-refractivity contribution >= 4 is 22.9 Å². The van der Waals surface area contributed by atoms with E-state index in [0.717, 1.165) is 18.5 Å². The van der Waals surface area contributed by atoms with E-state index in [1.807, 2.05) is 18.7 Å². The van der Waals surface area contributed by atoms with Crippen LogP contribution >= 0.6 is 0 Å². The monoisotopic (exact) mass is 454 g/mol. The number of ether oxygens (including phenoxy) is 1. The Balaban J connectivity index is 1.73. The maximum absolute atomic E-state index is 13.5. The smallest absolute Gasteiger partial charge is 0.354 e. The quantitative estimate of drug-likeness (QED) is 0.604. The molecule has 1 N–H and O–H groups in total. The van der Waals surface area contributed by atoms with Gasteiger partial charge in [0.15, 0.2) is 11.3 Å². The van der Waals surface area contributed by atoms with Gasteiger partial charge in [0.1, 0.15) is 11.6 Å². The standard InChI is InChI=1S/C24H27FN4O4/c1-14(2)22-21-20(33-13-16-8-10-28(11-9-16)15(3)30)12-19(24(31)32)26-23(21)29(27-22)18-6-4-17(25)5-7-18/h4-7,12,14,16H,8-11,13H2,1-3H3,(H,31,32). The van der Waals surface area contributed by atoms with Crippen LogP contribution in [0, 0.1) is 11.7 Å². The molecule has 0 radical (unpaired) electrons. The summed E-state index contributed by atoms with van der Waals surface area (Å²) in [5.41, 5.74) is 1.50. The summed E-state index contributed by atoms with van der Waals surface area (Å²) in [4.78, 5) is 29.5. The first-order valence-electron chi connectivity index (χ1n) is 11.1. The first-order chi connectivity index (χ1) is 15.7. The number of carboxylic acid groups (broad SMARTS) is 1. The second-order valence-corrected chi connectivity index (χ2v) is 8.70. The zero-order chi connectivity index (χ0) is 23.7. The fourth-order valence-corrected chi connectivity index (χ4v) is 4.12. The minimum Gasteiger partial charge on any atom is -0.492 e. The Morgan fingerprint density at radius 2 is 1.88 bits per heavy atom. The number of carbonyl (C=O) groups excluding carboxylic acids is 1. The van der Waals surface area contributed by atoms with Gasteiger partial charge in [0.05, 0.1) is 23.4 Å². The maximum Gasteiger partial charge on any atom is 0.354 e. The van der Waals surface area contributed by atoms with Crippen molar-refractivity contribution in [3.8, 4) is 11.4 Å². The van der Waals surface area contributed by atoms with E-state index in [-0.39, 0.29) is 29.3 Å². The van der Waals surface area contributed by atoms with Gasteiger partial charge in [-0.3, -0.25) is 4.79 Å². The summed E-state index contributed by atoms with van der Waals surface area (Å²) < 4.78 is 21.2. The van der Waals surface area contributed by atoms with E-state index in [4.69, 9.17) is 4.74 Å². The normalized spacial score (nSPS) is 14.8. The fourth-order valence-electron chi connectivity index (χ4n) is 4.12. The molecule has 0 bridgehead atoms. The lowest BCUT2D eigenvalue weighted by Crippen LogP contribution is -2.38. The van der Waals surface area contributed by atoms with E-state index < -0.39 is 5.97 Å². The van der Waals surface area contributed by atoms with E-state index >= 15 is 0 Å². The number of piperidine rings is 1. The average molecular weight is 455 g/mol. The molecule has 33 heavy (non-hydrogen) atoms. The van der Waals surface area contributed by atoms with E-state index in [1.165, 1.54) is 22.9 Å². The van der Waals surface area contributed by atoms with Gasteiger partial charge in [-0.05, 0) is 48.9 Å². The Labute approximate surface area is 191 Å². The van der Waals surface area contributed by atoms with Gasteiger partial charge in [-0.2, -0.15) is 5.10 Å². The summed E-state index contributed by atoms with van der Waals surface area (Å²) in [6.07, 6.45) is 1.65. The molecule has 1 amide bonds. The molecule has 1 fully saturated rings. The topological polar surface area (TPSA) is 97.6 Å². The molecule has 1 aliphatic heterocycles. The Kier molecular flexibility index (Phi) is 6.31. The second kappa shape index (κ2) is 9.17. The van der Waals surface area contributed by atoms with Crippen molar-refractivity contribution in [3.63, 3.8) is 0 Å². The van der Waals surface area contributed by atoms with Crippen LogP contribution in [0.2, 0.25) is 0 Å². The van der Waals surface area contributed by atoms with Gasteiger partial charge in [0.2, 0.25) is 5.91 Å². The number of carboxylic acids is 1. The van der Waals surface area contributed by atoms with Crippen molar-refractivity contribution in [2.45, 2.75) is 39.5 Å². The first-order valence-corrected chi connectivity index (χ1v) is 11.1. The number of hydrogen-bond donors (Lipinski definition) is 1. The molecule has 0 atom stereocenters. The molecule has 1 aromatic carbocycles. The van der Waals surface area contributed by atoms with Crippen molar-refractivity contribution in [1.29, 1.82) is 0 Å². The van der Waals surface area contributed by atoms with E-state index in [0.29, 0.717) is 42.2 Å². The van der Waals surface area contributed by atoms with Crippen LogP contribution in [-0.2, 0) is 4.79 Å². The molecule has 0 unspecified atom stereocenters. The Morgan fingerprint density at radius 3 is 2.45 bits per heavy atom. The summed E-state index contributed by atoms with van der Waals surface area (Å²) >= 11 is 0. The number of fused-ring (bicyclic) bond motifs is 1. The number of hydrogen-bond acceptors (Lipinski definition) is 5. The van der Waals surface area contributed by atoms with Crippen LogP contribution in [0.1, 0.15) is 55.7 Å². The van der Waals surface area contributed by atoms with Gasteiger partial charge in [0.25, 0.3) is 0 Å². The second-order valence-electron chi connectivity index (χ2n) is 8.70. The third kappa shape index (κ3) is 4.67. The molecule has 0 saturated carbocycles. The van der Waals surface area contributed by atoms with Crippen LogP contribution in [-0.4, -0.2) is 56.3 Å². The number of aromatic nitrogens is 3. The predicted octanol–water partition coefficient (Wildman–Crippen LogP) is 4.02. The van der Waals surface area contributed by atoms with Crippen LogP contribution in [0.15, 0.2) is 30.3 Å². The Hall–Kier alpha value is -3.49. The SMILES string of the molecule is CC(=O)N1CCC(COc2cc(C(=O)O)nc3c2c(C(C)C)nn3-c2ccc(F)cc2)CC1. The van der Waals surface area contributed by atoms with E-state index in [9.17, 15) is 19.1 Å². The molecule has 3 aromatic rings. The average Bonchev–Trinajstić information content (AvgIpc) is 3.18. The highest BCUT2D eigenvalue weighted by Gasteiger charge is 2.25. The van der Waals surface area contributed by atoms with Crippen LogP contribution in [0.5, 0.6) is 5.75 Å². The van der Waals surface area contributed by atoms with Gasteiger partial charge in [-0.15, -0.1) is 0 Å². The van der Waals surface area contributed by atoms with Crippen LogP contribution in [0.25, 0.3) is 16.7 Å². The number of amides is 1. The zero-order valence-electron chi connectivity index (χ0n) is 18.9. The molecule has 3 heterocycles. The van der Waals surface area contributed by atoms with Crippen molar-refractivity contribution in [2.24, 2.45) is 5.92 Å². The summed E-state index contributed by atoms with van der Waals surface area (Å²) in [6.45, 7) is 7.34. The maximum atomic E-state index is 13.5. The molecule has 174 valence electrons. The van der Waals surface area contributed by atoms with Crippen molar-refractivity contribution in [1.82, 2.24) is 19.7 Å². The molecule has 0 spiro atoms. The van der Waals surface area contributed by atoms with Crippen molar-refractivity contribution < 1.29 is 23.8 Å². The lowest BCUT2D eigenvalue weighted by molar-refractivity contribution is -0.130. The van der Waals surface area contributed by atoms with Gasteiger partial charge in [-0.25, -0.2) is 18.9 Å². The Morgan fingerprint density at radius 1 is 1.21 bits per heavy atom. The van der Waals surface area contributed by atoms with Gasteiger partial charge < -0.3 is 14.7 Å². The molecule has 0 aliphatic carbocycles. The number of pyridine rings is 1. The van der Waals surface area contributed by atoms with Crippen molar-refractivity contribution in [3.05, 3.63) is 47.5 Å². The largest absolute Gasteiger partial charge is 0.492 e. The number of rotatable bonds is 6. The number of carbonyl (C=O) groups is 2. The number of benzene rings is 1. The molecule has 1 saturated heterocycles. The molecule has 4 rings (SSSR count). The van der Waals surface area contributed by atoms with Crippen molar-refractivity contribution in [2.75, 3.05) is 19.7 Å². The number of nitrogens with zero attached hydrogens (tertiary/aromatic N) is 4. The van der Waals surface area contributed by atoms with Gasteiger partial charge >= 0.3 is 5.97 Å². The molecule has 2 aromatic heterocycles. The molecular weight excluding hydrogens is 427 g/mol. The number of aromatic carboxylic acids is 1. The summed E-state index contributed by atoms with van der Waals surface area (Å²) in [6, 6.07) is 7.24. The van der Waals surface area contributed by atoms with Crippen LogP contribution < -0.4 is 4.74 Å². The highest BCUT2D eigenvalue weighted by atomic mass is 19.1. The lowest BCUT2D eigenvalue weighted by Gasteiger charge is -2.31. The molecule has 9 heteroatoms. The highest BCUT2D eigenvalue weighted by molar-refractivity contribution is 5.94. The molecular formula is C24H27FN4O4. The third-order valence-electron chi connectivity index (χ3n) is 6.00. The zero-order valence-corrected chi connectivity index (χ0v) is 18.9. The van der Waals surface area contributed by atoms with E-state index in [1.54, 1.807) is 19.1 Å². The summed E-state index contributed by atoms with van der Waals surface area (Å²) in [7, 11) is 0. The fraction of sp³-hybridized carbons (Fsp3) is 0.417. The Bertz CT molecular complexity index is 1180. The highest BCUT2D eigenvalue weighted by Crippen LogP contribution is 2.35.